The van der Waals surface area contributed by atoms with E-state index in [0.29, 0.717) is 5.56 Å². The van der Waals surface area contributed by atoms with Gasteiger partial charge in [0.05, 0.1) is 0 Å². The Balaban J connectivity index is 1.87. The van der Waals surface area contributed by atoms with Crippen molar-refractivity contribution in [1.82, 2.24) is 0 Å². The number of Topliss-reactive ketones (excluding diaryl/α,β-unsaturated/α-hetero) is 1. The third kappa shape index (κ3) is 0.945. The van der Waals surface area contributed by atoms with Crippen LogP contribution in [0.2, 0.25) is 0 Å². The highest BCUT2D eigenvalue weighted by molar-refractivity contribution is 6.10. The predicted octanol–water partition coefficient (Wildman–Crippen LogP) is 2.43. The summed E-state index contributed by atoms with van der Waals surface area (Å²) in [7, 11) is 3.28. The quantitative estimate of drug-likeness (QED) is 0.478. The second-order valence-electron chi connectivity index (χ2n) is 6.78. The molecule has 1 saturated heterocycles. The normalized spacial score (nSPS) is 42.5. The Morgan fingerprint density at radius 1 is 1.23 bits per heavy atom. The SMILES string of the molecule is COC1(OC)c2ccccc2C(=O)[C@@]23O[C@]12[C@H]1C[C@H]3C=C1C. The second-order valence-corrected chi connectivity index (χ2v) is 6.78. The molecule has 1 saturated carbocycles. The molecule has 2 bridgehead atoms. The van der Waals surface area contributed by atoms with E-state index in [-0.39, 0.29) is 17.6 Å². The summed E-state index contributed by atoms with van der Waals surface area (Å²) < 4.78 is 18.1. The van der Waals surface area contributed by atoms with E-state index in [2.05, 4.69) is 13.0 Å². The van der Waals surface area contributed by atoms with Crippen molar-refractivity contribution in [2.75, 3.05) is 14.2 Å². The average Bonchev–Trinajstić information content (AvgIpc) is 3.04. The molecule has 5 rings (SSSR count). The van der Waals surface area contributed by atoms with Crippen LogP contribution in [0.3, 0.4) is 0 Å². The van der Waals surface area contributed by atoms with E-state index in [0.717, 1.165) is 12.0 Å². The first-order valence-electron chi connectivity index (χ1n) is 7.72. The van der Waals surface area contributed by atoms with Crippen LogP contribution in [0.4, 0.5) is 0 Å². The first kappa shape index (κ1) is 13.0. The molecular weight excluding hydrogens is 280 g/mol. The zero-order chi connectivity index (χ0) is 15.3. The molecule has 1 aromatic carbocycles. The van der Waals surface area contributed by atoms with Gasteiger partial charge in [0.15, 0.2) is 17.0 Å². The van der Waals surface area contributed by atoms with Crippen molar-refractivity contribution in [2.45, 2.75) is 30.3 Å². The fraction of sp³-hybridized carbons (Fsp3) is 0.500. The number of ketones is 1. The number of benzene rings is 1. The zero-order valence-electron chi connectivity index (χ0n) is 12.9. The van der Waals surface area contributed by atoms with Crippen LogP contribution in [0.1, 0.15) is 29.3 Å². The maximum Gasteiger partial charge on any atom is 0.229 e. The van der Waals surface area contributed by atoms with Gasteiger partial charge in [-0.3, -0.25) is 4.79 Å². The third-order valence-electron chi connectivity index (χ3n) is 6.28. The number of hydrogen-bond donors (Lipinski definition) is 0. The fourth-order valence-corrected chi connectivity index (χ4v) is 5.52. The Bertz CT molecular complexity index is 747. The minimum absolute atomic E-state index is 0.0871. The average molecular weight is 298 g/mol. The lowest BCUT2D eigenvalue weighted by molar-refractivity contribution is -0.264. The molecule has 114 valence electrons. The lowest BCUT2D eigenvalue weighted by Gasteiger charge is -2.43. The summed E-state index contributed by atoms with van der Waals surface area (Å²) in [6.07, 6.45) is 3.15. The van der Waals surface area contributed by atoms with Gasteiger partial charge in [0.1, 0.15) is 0 Å². The number of methoxy groups -OCH3 is 2. The minimum Gasteiger partial charge on any atom is -0.347 e. The van der Waals surface area contributed by atoms with Crippen LogP contribution < -0.4 is 0 Å². The molecule has 0 unspecified atom stereocenters. The Labute approximate surface area is 129 Å². The van der Waals surface area contributed by atoms with Crippen molar-refractivity contribution < 1.29 is 19.0 Å². The Kier molecular flexibility index (Phi) is 2.09. The summed E-state index contributed by atoms with van der Waals surface area (Å²) >= 11 is 0. The van der Waals surface area contributed by atoms with Crippen LogP contribution >= 0.6 is 0 Å². The van der Waals surface area contributed by atoms with Gasteiger partial charge < -0.3 is 14.2 Å². The minimum atomic E-state index is -1.02. The van der Waals surface area contributed by atoms with E-state index in [1.54, 1.807) is 14.2 Å². The van der Waals surface area contributed by atoms with Gasteiger partial charge >= 0.3 is 0 Å². The first-order chi connectivity index (χ1) is 10.6. The Hall–Kier alpha value is -1.49. The maximum absolute atomic E-state index is 13.2. The van der Waals surface area contributed by atoms with Gasteiger partial charge in [0.2, 0.25) is 5.79 Å². The molecule has 4 atom stereocenters. The molecule has 0 amide bonds. The van der Waals surface area contributed by atoms with Crippen LogP contribution in [0.25, 0.3) is 0 Å². The number of carbonyl (C=O) groups is 1. The highest BCUT2D eigenvalue weighted by Gasteiger charge is 2.94. The number of fused-ring (bicyclic) bond motifs is 3. The highest BCUT2D eigenvalue weighted by Crippen LogP contribution is 2.79. The first-order valence-corrected chi connectivity index (χ1v) is 7.72. The van der Waals surface area contributed by atoms with E-state index in [1.165, 1.54) is 5.57 Å². The molecule has 3 aliphatic carbocycles. The summed E-state index contributed by atoms with van der Waals surface area (Å²) in [5.41, 5.74) is 1.23. The van der Waals surface area contributed by atoms with Crippen molar-refractivity contribution in [3.05, 3.63) is 47.0 Å². The van der Waals surface area contributed by atoms with Crippen LogP contribution in [-0.4, -0.2) is 31.2 Å². The van der Waals surface area contributed by atoms with Crippen molar-refractivity contribution >= 4 is 5.78 Å². The molecule has 0 aromatic heterocycles. The van der Waals surface area contributed by atoms with Gasteiger partial charge in [-0.15, -0.1) is 0 Å². The van der Waals surface area contributed by atoms with Crippen LogP contribution in [0, 0.1) is 11.8 Å². The fourth-order valence-electron chi connectivity index (χ4n) is 5.52. The lowest BCUT2D eigenvalue weighted by Crippen LogP contribution is -2.58. The van der Waals surface area contributed by atoms with Crippen LogP contribution in [-0.2, 0) is 20.0 Å². The smallest absolute Gasteiger partial charge is 0.229 e. The maximum atomic E-state index is 13.2. The standard InChI is InChI=1S/C18H18O4/c1-10-8-11-9-14(10)17-16(11,22-17)15(19)12-6-4-5-7-13(12)18(17,20-2)21-3/h4-8,11,14H,9H2,1-3H3/t11-,14+,16-,17+/m1/s1. The topological polar surface area (TPSA) is 48.1 Å². The number of rotatable bonds is 2. The number of carbonyl (C=O) groups excluding carboxylic acids is 1. The van der Waals surface area contributed by atoms with E-state index < -0.39 is 17.0 Å². The van der Waals surface area contributed by atoms with Crippen molar-refractivity contribution in [3.63, 3.8) is 0 Å². The molecule has 0 radical (unpaired) electrons. The molecule has 1 aromatic rings. The monoisotopic (exact) mass is 298 g/mol. The van der Waals surface area contributed by atoms with Crippen molar-refractivity contribution in [1.29, 1.82) is 0 Å². The molecular formula is C18H18O4. The molecule has 0 N–H and O–H groups in total. The summed E-state index contributed by atoms with van der Waals surface area (Å²) in [5.74, 6) is -0.631. The Morgan fingerprint density at radius 2 is 1.95 bits per heavy atom. The number of ether oxygens (including phenoxy) is 3. The van der Waals surface area contributed by atoms with Gasteiger partial charge in [0.25, 0.3) is 0 Å². The molecule has 1 aliphatic heterocycles. The van der Waals surface area contributed by atoms with Gasteiger partial charge in [-0.25, -0.2) is 0 Å². The molecule has 4 heteroatoms. The lowest BCUT2D eigenvalue weighted by atomic mass is 9.65. The van der Waals surface area contributed by atoms with Crippen molar-refractivity contribution in [2.24, 2.45) is 11.8 Å². The molecule has 22 heavy (non-hydrogen) atoms. The third-order valence-corrected chi connectivity index (χ3v) is 6.28. The molecule has 4 aliphatic rings. The van der Waals surface area contributed by atoms with E-state index in [1.807, 2.05) is 24.3 Å². The summed E-state index contributed by atoms with van der Waals surface area (Å²) in [6.45, 7) is 2.12. The predicted molar refractivity (Wildman–Crippen MR) is 78.4 cm³/mol. The van der Waals surface area contributed by atoms with Gasteiger partial charge in [-0.05, 0) is 13.3 Å². The van der Waals surface area contributed by atoms with E-state index >= 15 is 0 Å². The highest BCUT2D eigenvalue weighted by atomic mass is 16.8. The number of epoxide rings is 1. The zero-order valence-corrected chi connectivity index (χ0v) is 12.9. The summed E-state index contributed by atoms with van der Waals surface area (Å²) in [4.78, 5) is 13.2. The number of hydrogen-bond acceptors (Lipinski definition) is 4. The van der Waals surface area contributed by atoms with E-state index in [9.17, 15) is 4.79 Å². The Morgan fingerprint density at radius 3 is 2.68 bits per heavy atom. The van der Waals surface area contributed by atoms with Gasteiger partial charge in [-0.2, -0.15) is 0 Å². The largest absolute Gasteiger partial charge is 0.347 e. The van der Waals surface area contributed by atoms with Crippen molar-refractivity contribution in [3.8, 4) is 0 Å². The van der Waals surface area contributed by atoms with E-state index in [4.69, 9.17) is 14.2 Å². The second kappa shape index (κ2) is 3.53. The molecule has 0 spiro atoms. The molecule has 4 nitrogen and oxygen atoms in total. The van der Waals surface area contributed by atoms with Gasteiger partial charge in [0, 0.05) is 37.2 Å². The van der Waals surface area contributed by atoms with Crippen LogP contribution in [0.5, 0.6) is 0 Å². The molecule has 1 heterocycles. The molecule has 2 fully saturated rings. The van der Waals surface area contributed by atoms with Gasteiger partial charge in [-0.1, -0.05) is 35.9 Å². The summed E-state index contributed by atoms with van der Waals surface area (Å²) in [5, 5.41) is 0. The summed E-state index contributed by atoms with van der Waals surface area (Å²) in [6, 6.07) is 7.58. The van der Waals surface area contributed by atoms with Crippen LogP contribution in [0.15, 0.2) is 35.9 Å².